The van der Waals surface area contributed by atoms with E-state index in [2.05, 4.69) is 0 Å². The summed E-state index contributed by atoms with van der Waals surface area (Å²) >= 11 is 0. The van der Waals surface area contributed by atoms with E-state index in [1.807, 2.05) is 0 Å². The van der Waals surface area contributed by atoms with Crippen LogP contribution >= 0.6 is 0 Å². The summed E-state index contributed by atoms with van der Waals surface area (Å²) in [6.45, 7) is 2.37. The molecular weight excluding hydrogens is 234 g/mol. The molecule has 0 radical (unpaired) electrons. The maximum atomic E-state index is 11.3. The fraction of sp³-hybridized carbons (Fsp3) is 0.769. The fourth-order valence-corrected chi connectivity index (χ4v) is 2.45. The lowest BCUT2D eigenvalue weighted by Gasteiger charge is -2.31. The molecule has 0 aromatic rings. The molecule has 2 rings (SSSR count). The molecule has 0 aromatic heterocycles. The molecule has 0 aromatic carbocycles. The molecule has 2 N–H and O–H groups in total. The van der Waals surface area contributed by atoms with Gasteiger partial charge in [0.1, 0.15) is 12.7 Å². The summed E-state index contributed by atoms with van der Waals surface area (Å²) in [5, 5.41) is 0. The van der Waals surface area contributed by atoms with Crippen LogP contribution in [-0.2, 0) is 19.0 Å². The van der Waals surface area contributed by atoms with Crippen molar-refractivity contribution in [2.45, 2.75) is 50.9 Å². The number of hydrogen-bond donors (Lipinski definition) is 1. The van der Waals surface area contributed by atoms with Gasteiger partial charge in [0, 0.05) is 24.6 Å². The third-order valence-corrected chi connectivity index (χ3v) is 3.29. The average Bonchev–Trinajstić information content (AvgIpc) is 2.70. The zero-order valence-electron chi connectivity index (χ0n) is 10.8. The number of esters is 1. The fourth-order valence-electron chi connectivity index (χ4n) is 2.45. The first-order valence-corrected chi connectivity index (χ1v) is 6.52. The highest BCUT2D eigenvalue weighted by Crippen LogP contribution is 2.37. The second kappa shape index (κ2) is 5.71. The molecule has 102 valence electrons. The van der Waals surface area contributed by atoms with Crippen LogP contribution in [0.15, 0.2) is 11.8 Å². The number of allylic oxidation sites excluding steroid dienone is 1. The minimum atomic E-state index is -0.428. The van der Waals surface area contributed by atoms with Crippen molar-refractivity contribution in [1.29, 1.82) is 0 Å². The molecule has 5 nitrogen and oxygen atoms in total. The molecule has 0 amide bonds. The third kappa shape index (κ3) is 3.46. The maximum absolute atomic E-state index is 11.3. The van der Waals surface area contributed by atoms with Gasteiger partial charge in [-0.15, -0.1) is 0 Å². The summed E-state index contributed by atoms with van der Waals surface area (Å²) in [5.74, 6) is -0.835. The lowest BCUT2D eigenvalue weighted by molar-refractivity contribution is -0.192. The highest BCUT2D eigenvalue weighted by molar-refractivity contribution is 5.82. The van der Waals surface area contributed by atoms with Crippen LogP contribution in [0.3, 0.4) is 0 Å². The highest BCUT2D eigenvalue weighted by atomic mass is 16.8. The Morgan fingerprint density at radius 1 is 1.44 bits per heavy atom. The lowest BCUT2D eigenvalue weighted by Crippen LogP contribution is -2.34. The molecule has 0 bridgehead atoms. The van der Waals surface area contributed by atoms with Crippen LogP contribution in [0.2, 0.25) is 0 Å². The molecule has 1 saturated carbocycles. The zero-order chi connectivity index (χ0) is 13.0. The van der Waals surface area contributed by atoms with E-state index in [0.29, 0.717) is 12.3 Å². The molecule has 1 spiro atoms. The Balaban J connectivity index is 1.76. The van der Waals surface area contributed by atoms with E-state index in [1.165, 1.54) is 12.5 Å². The summed E-state index contributed by atoms with van der Waals surface area (Å²) < 4.78 is 16.7. The van der Waals surface area contributed by atoms with Crippen molar-refractivity contribution in [3.8, 4) is 0 Å². The predicted molar refractivity (Wildman–Crippen MR) is 65.5 cm³/mol. The number of rotatable bonds is 3. The molecule has 1 atom stereocenters. The Labute approximate surface area is 107 Å². The van der Waals surface area contributed by atoms with E-state index in [-0.39, 0.29) is 12.7 Å². The van der Waals surface area contributed by atoms with Crippen molar-refractivity contribution < 1.29 is 19.0 Å². The van der Waals surface area contributed by atoms with Gasteiger partial charge in [0.05, 0.1) is 6.61 Å². The third-order valence-electron chi connectivity index (χ3n) is 3.29. The second-order valence-electron chi connectivity index (χ2n) is 5.04. The first-order chi connectivity index (χ1) is 8.60. The first kappa shape index (κ1) is 13.4. The smallest absolute Gasteiger partial charge is 0.332 e. The standard InChI is InChI=1S/C13H21NO4/c1-10(14)7-12(15)16-8-11-9-17-13(18-11)5-3-2-4-6-13/h7,11H,2-6,8-9,14H2,1H3. The van der Waals surface area contributed by atoms with Crippen LogP contribution in [0.5, 0.6) is 0 Å². The quantitative estimate of drug-likeness (QED) is 0.611. The van der Waals surface area contributed by atoms with Gasteiger partial charge < -0.3 is 19.9 Å². The van der Waals surface area contributed by atoms with E-state index >= 15 is 0 Å². The topological polar surface area (TPSA) is 70.8 Å². The Hall–Kier alpha value is -1.07. The molecule has 1 unspecified atom stereocenters. The molecule has 1 aliphatic carbocycles. The van der Waals surface area contributed by atoms with Gasteiger partial charge in [-0.1, -0.05) is 6.42 Å². The molecule has 1 saturated heterocycles. The van der Waals surface area contributed by atoms with Crippen LogP contribution in [0.4, 0.5) is 0 Å². The van der Waals surface area contributed by atoms with E-state index in [9.17, 15) is 4.79 Å². The molecule has 1 heterocycles. The summed E-state index contributed by atoms with van der Waals surface area (Å²) in [6, 6.07) is 0. The van der Waals surface area contributed by atoms with Gasteiger partial charge >= 0.3 is 5.97 Å². The lowest BCUT2D eigenvalue weighted by atomic mass is 9.94. The molecule has 1 aliphatic heterocycles. The largest absolute Gasteiger partial charge is 0.460 e. The van der Waals surface area contributed by atoms with Crippen molar-refractivity contribution in [3.05, 3.63) is 11.8 Å². The van der Waals surface area contributed by atoms with E-state index in [4.69, 9.17) is 19.9 Å². The molecule has 2 aliphatic rings. The molecular formula is C13H21NO4. The van der Waals surface area contributed by atoms with E-state index < -0.39 is 11.8 Å². The van der Waals surface area contributed by atoms with Gasteiger partial charge in [-0.2, -0.15) is 0 Å². The Bertz CT molecular complexity index is 330. The van der Waals surface area contributed by atoms with Crippen molar-refractivity contribution in [1.82, 2.24) is 0 Å². The predicted octanol–water partition coefficient (Wildman–Crippen LogP) is 1.47. The highest BCUT2D eigenvalue weighted by Gasteiger charge is 2.42. The normalized spacial score (nSPS) is 27.4. The molecule has 5 heteroatoms. The van der Waals surface area contributed by atoms with E-state index in [0.717, 1.165) is 25.7 Å². The number of ether oxygens (including phenoxy) is 3. The van der Waals surface area contributed by atoms with E-state index in [1.54, 1.807) is 6.92 Å². The van der Waals surface area contributed by atoms with Gasteiger partial charge in [-0.25, -0.2) is 4.79 Å². The van der Waals surface area contributed by atoms with Crippen molar-refractivity contribution in [2.24, 2.45) is 5.73 Å². The maximum Gasteiger partial charge on any atom is 0.332 e. The summed E-state index contributed by atoms with van der Waals surface area (Å²) in [5.41, 5.74) is 5.83. The first-order valence-electron chi connectivity index (χ1n) is 6.52. The summed E-state index contributed by atoms with van der Waals surface area (Å²) in [7, 11) is 0. The number of hydrogen-bond acceptors (Lipinski definition) is 5. The van der Waals surface area contributed by atoms with Crippen molar-refractivity contribution in [2.75, 3.05) is 13.2 Å². The van der Waals surface area contributed by atoms with Gasteiger partial charge in [0.2, 0.25) is 0 Å². The number of carbonyl (C=O) groups excluding carboxylic acids is 1. The van der Waals surface area contributed by atoms with Gasteiger partial charge in [-0.05, 0) is 19.8 Å². The minimum Gasteiger partial charge on any atom is -0.460 e. The average molecular weight is 255 g/mol. The summed E-state index contributed by atoms with van der Waals surface area (Å²) in [6.07, 6.45) is 6.53. The van der Waals surface area contributed by atoms with Gasteiger partial charge in [-0.3, -0.25) is 0 Å². The van der Waals surface area contributed by atoms with Crippen molar-refractivity contribution >= 4 is 5.97 Å². The number of nitrogens with two attached hydrogens (primary N) is 1. The van der Waals surface area contributed by atoms with Gasteiger partial charge in [0.15, 0.2) is 5.79 Å². The zero-order valence-corrected chi connectivity index (χ0v) is 10.8. The second-order valence-corrected chi connectivity index (χ2v) is 5.04. The molecule has 18 heavy (non-hydrogen) atoms. The van der Waals surface area contributed by atoms with Crippen LogP contribution < -0.4 is 5.73 Å². The monoisotopic (exact) mass is 255 g/mol. The Morgan fingerprint density at radius 3 is 2.83 bits per heavy atom. The Kier molecular flexibility index (Phi) is 4.24. The minimum absolute atomic E-state index is 0.154. The van der Waals surface area contributed by atoms with Crippen LogP contribution in [0.1, 0.15) is 39.0 Å². The Morgan fingerprint density at radius 2 is 2.17 bits per heavy atom. The molecule has 2 fully saturated rings. The summed E-state index contributed by atoms with van der Waals surface area (Å²) in [4.78, 5) is 11.3. The van der Waals surface area contributed by atoms with Crippen LogP contribution in [0, 0.1) is 0 Å². The SMILES string of the molecule is CC(N)=CC(=O)OCC1COC2(CCCCC2)O1. The van der Waals surface area contributed by atoms with Crippen LogP contribution in [0.25, 0.3) is 0 Å². The van der Waals surface area contributed by atoms with Crippen LogP contribution in [-0.4, -0.2) is 31.1 Å². The number of carbonyl (C=O) groups is 1. The van der Waals surface area contributed by atoms with Gasteiger partial charge in [0.25, 0.3) is 0 Å². The van der Waals surface area contributed by atoms with Crippen molar-refractivity contribution in [3.63, 3.8) is 0 Å².